The lowest BCUT2D eigenvalue weighted by Crippen LogP contribution is -2.56. The molecule has 1 aliphatic rings. The molecule has 0 aromatic carbocycles. The van der Waals surface area contributed by atoms with Crippen molar-refractivity contribution >= 4 is 0 Å². The molecule has 0 saturated carbocycles. The van der Waals surface area contributed by atoms with Crippen molar-refractivity contribution in [3.63, 3.8) is 0 Å². The number of alkyl halides is 3. The van der Waals surface area contributed by atoms with E-state index in [1.807, 2.05) is 0 Å². The lowest BCUT2D eigenvalue weighted by molar-refractivity contribution is -0.566. The molecule has 1 rings (SSSR count). The van der Waals surface area contributed by atoms with Crippen LogP contribution in [0.5, 0.6) is 0 Å². The predicted molar refractivity (Wildman–Crippen MR) is 71.1 cm³/mol. The third-order valence-electron chi connectivity index (χ3n) is 3.51. The van der Waals surface area contributed by atoms with Crippen LogP contribution in [0.15, 0.2) is 23.4 Å². The third-order valence-corrected chi connectivity index (χ3v) is 3.51. The zero-order valence-corrected chi connectivity index (χ0v) is 12.0. The second kappa shape index (κ2) is 6.42. The number of rotatable bonds is 6. The fraction of sp³-hybridized carbons (Fsp3) is 0.667. The maximum Gasteiger partial charge on any atom is 0.413 e. The zero-order chi connectivity index (χ0) is 17.1. The first-order chi connectivity index (χ1) is 10.1. The second-order valence-corrected chi connectivity index (χ2v) is 5.01. The Morgan fingerprint density at radius 2 is 1.86 bits per heavy atom. The summed E-state index contributed by atoms with van der Waals surface area (Å²) < 4.78 is 38.8. The average Bonchev–Trinajstić information content (AvgIpc) is 2.43. The summed E-state index contributed by atoms with van der Waals surface area (Å²) in [4.78, 5) is 20.2. The highest BCUT2D eigenvalue weighted by molar-refractivity contribution is 5.31. The topological polar surface area (TPSA) is 98.3 Å². The summed E-state index contributed by atoms with van der Waals surface area (Å²) in [6.07, 6.45) is -3.97. The van der Waals surface area contributed by atoms with Crippen molar-refractivity contribution in [1.29, 1.82) is 0 Å². The number of hydrogen-bond acceptors (Lipinski definition) is 5. The quantitative estimate of drug-likeness (QED) is 0.460. The summed E-state index contributed by atoms with van der Waals surface area (Å²) in [6.45, 7) is 3.44. The van der Waals surface area contributed by atoms with E-state index in [2.05, 4.69) is 5.32 Å². The van der Waals surface area contributed by atoms with Gasteiger partial charge in [-0.2, -0.15) is 13.2 Å². The van der Waals surface area contributed by atoms with Gasteiger partial charge in [0.1, 0.15) is 0 Å². The van der Waals surface area contributed by atoms with Gasteiger partial charge in [0, 0.05) is 22.6 Å². The van der Waals surface area contributed by atoms with E-state index >= 15 is 0 Å². The van der Waals surface area contributed by atoms with Crippen molar-refractivity contribution in [3.05, 3.63) is 43.7 Å². The molecule has 0 fully saturated rings. The van der Waals surface area contributed by atoms with Crippen LogP contribution < -0.4 is 5.32 Å². The number of hydrogen-bond donors (Lipinski definition) is 1. The van der Waals surface area contributed by atoms with Crippen molar-refractivity contribution in [3.8, 4) is 0 Å². The first-order valence-electron chi connectivity index (χ1n) is 6.63. The molecule has 1 aliphatic carbocycles. The highest BCUT2D eigenvalue weighted by atomic mass is 19.4. The molecule has 124 valence electrons. The molecule has 7 nitrogen and oxygen atoms in total. The fourth-order valence-corrected chi connectivity index (χ4v) is 2.25. The highest BCUT2D eigenvalue weighted by Gasteiger charge is 2.52. The first-order valence-corrected chi connectivity index (χ1v) is 6.63. The molecule has 0 aromatic heterocycles. The summed E-state index contributed by atoms with van der Waals surface area (Å²) in [5, 5.41) is 24.7. The molecule has 1 unspecified atom stereocenters. The van der Waals surface area contributed by atoms with Crippen molar-refractivity contribution in [2.24, 2.45) is 0 Å². The van der Waals surface area contributed by atoms with E-state index in [1.165, 1.54) is 0 Å². The lowest BCUT2D eigenvalue weighted by atomic mass is 9.91. The smallest absolute Gasteiger partial charge is 0.262 e. The van der Waals surface area contributed by atoms with Gasteiger partial charge in [-0.25, -0.2) is 5.32 Å². The van der Waals surface area contributed by atoms with Gasteiger partial charge in [-0.3, -0.25) is 20.2 Å². The highest BCUT2D eigenvalue weighted by Crippen LogP contribution is 2.37. The van der Waals surface area contributed by atoms with E-state index in [0.717, 1.165) is 0 Å². The molecule has 0 amide bonds. The summed E-state index contributed by atoms with van der Waals surface area (Å²) in [6, 6.07) is -0.428. The van der Waals surface area contributed by atoms with Crippen LogP contribution in [-0.4, -0.2) is 27.7 Å². The van der Waals surface area contributed by atoms with Gasteiger partial charge in [0.2, 0.25) is 0 Å². The average molecular weight is 323 g/mol. The Hall–Kier alpha value is -1.97. The molecule has 10 heteroatoms. The third kappa shape index (κ3) is 3.81. The van der Waals surface area contributed by atoms with Crippen LogP contribution in [0.2, 0.25) is 0 Å². The molecular weight excluding hydrogens is 307 g/mol. The van der Waals surface area contributed by atoms with Crippen molar-refractivity contribution in [2.75, 3.05) is 0 Å². The Morgan fingerprint density at radius 1 is 1.32 bits per heavy atom. The minimum Gasteiger partial charge on any atom is -0.262 e. The Bertz CT molecular complexity index is 526. The summed E-state index contributed by atoms with van der Waals surface area (Å²) in [5.74, 6) is 0. The molecule has 1 N–H and O–H groups in total. The molecule has 0 saturated heterocycles. The van der Waals surface area contributed by atoms with Crippen LogP contribution in [0.1, 0.15) is 33.1 Å². The van der Waals surface area contributed by atoms with Gasteiger partial charge >= 0.3 is 11.8 Å². The maximum atomic E-state index is 12.9. The number of nitrogens with one attached hydrogen (secondary N) is 1. The molecule has 0 bridgehead atoms. The van der Waals surface area contributed by atoms with E-state index in [4.69, 9.17) is 0 Å². The van der Waals surface area contributed by atoms with Crippen molar-refractivity contribution in [2.45, 2.75) is 51.0 Å². The molecule has 0 aliphatic heterocycles. The second-order valence-electron chi connectivity index (χ2n) is 5.01. The SMILES string of the molecule is CCC(CC)NC1([N+](=O)[O-])C=C([N+](=O)[O-])C=C(C(F)(F)F)C1. The summed E-state index contributed by atoms with van der Waals surface area (Å²) in [7, 11) is 0. The number of halogens is 3. The minimum absolute atomic E-state index is 0.344. The molecule has 22 heavy (non-hydrogen) atoms. The fourth-order valence-electron chi connectivity index (χ4n) is 2.25. The van der Waals surface area contributed by atoms with Gasteiger partial charge in [0.15, 0.2) is 0 Å². The van der Waals surface area contributed by atoms with Crippen LogP contribution in [-0.2, 0) is 0 Å². The lowest BCUT2D eigenvalue weighted by Gasteiger charge is -2.30. The molecule has 0 heterocycles. The van der Waals surface area contributed by atoms with Crippen LogP contribution in [0.4, 0.5) is 13.2 Å². The van der Waals surface area contributed by atoms with Gasteiger partial charge in [0.25, 0.3) is 5.70 Å². The van der Waals surface area contributed by atoms with E-state index in [0.29, 0.717) is 25.0 Å². The van der Waals surface area contributed by atoms with Crippen LogP contribution >= 0.6 is 0 Å². The summed E-state index contributed by atoms with van der Waals surface area (Å²) in [5.41, 5.74) is -4.57. The maximum absolute atomic E-state index is 12.9. The van der Waals surface area contributed by atoms with Gasteiger partial charge in [-0.05, 0) is 12.8 Å². The zero-order valence-electron chi connectivity index (χ0n) is 12.0. The van der Waals surface area contributed by atoms with Crippen LogP contribution in [0.3, 0.4) is 0 Å². The van der Waals surface area contributed by atoms with Crippen LogP contribution in [0, 0.1) is 20.2 Å². The normalized spacial score (nSPS) is 22.3. The monoisotopic (exact) mass is 323 g/mol. The van der Waals surface area contributed by atoms with Gasteiger partial charge < -0.3 is 0 Å². The largest absolute Gasteiger partial charge is 0.413 e. The molecule has 1 atom stereocenters. The minimum atomic E-state index is -4.87. The van der Waals surface area contributed by atoms with Crippen molar-refractivity contribution in [1.82, 2.24) is 5.32 Å². The van der Waals surface area contributed by atoms with E-state index < -0.39 is 45.4 Å². The number of nitrogens with zero attached hydrogens (tertiary/aromatic N) is 2. The Morgan fingerprint density at radius 3 is 2.23 bits per heavy atom. The Labute approximate surface area is 124 Å². The molecular formula is C12H16F3N3O4. The van der Waals surface area contributed by atoms with E-state index in [-0.39, 0.29) is 0 Å². The number of nitro groups is 2. The van der Waals surface area contributed by atoms with Gasteiger partial charge in [0.05, 0.1) is 17.4 Å². The van der Waals surface area contributed by atoms with Crippen LogP contribution in [0.25, 0.3) is 0 Å². The van der Waals surface area contributed by atoms with Gasteiger partial charge in [-0.1, -0.05) is 13.8 Å². The molecule has 0 aromatic rings. The molecule has 0 spiro atoms. The standard InChI is InChI=1S/C12H16F3N3O4/c1-3-9(4-2)16-11(18(21)22)6-8(12(13,14)15)5-10(7-11)17(19)20/h5,7,9,16H,3-4,6H2,1-2H3. The Balaban J connectivity index is 3.36. The summed E-state index contributed by atoms with van der Waals surface area (Å²) >= 11 is 0. The van der Waals surface area contributed by atoms with Crippen molar-refractivity contribution < 1.29 is 23.0 Å². The Kier molecular flexibility index (Phi) is 5.28. The predicted octanol–water partition coefficient (Wildman–Crippen LogP) is 2.79. The van der Waals surface area contributed by atoms with E-state index in [9.17, 15) is 33.4 Å². The number of allylic oxidation sites excluding steroid dienone is 1. The molecule has 0 radical (unpaired) electrons. The van der Waals surface area contributed by atoms with E-state index in [1.54, 1.807) is 13.8 Å². The van der Waals surface area contributed by atoms with Gasteiger partial charge in [-0.15, -0.1) is 0 Å². The first kappa shape index (κ1) is 18.1.